The Morgan fingerprint density at radius 2 is 1.83 bits per heavy atom. The van der Waals surface area contributed by atoms with Crippen LogP contribution in [0.5, 0.6) is 0 Å². The van der Waals surface area contributed by atoms with Gasteiger partial charge in [0.1, 0.15) is 5.82 Å². The molecule has 5 heteroatoms. The van der Waals surface area contributed by atoms with Crippen LogP contribution < -0.4 is 5.46 Å². The Kier molecular flexibility index (Phi) is 4.44. The predicted molar refractivity (Wildman–Crippen MR) is 92.4 cm³/mol. The van der Waals surface area contributed by atoms with E-state index in [-0.39, 0.29) is 5.41 Å². The van der Waals surface area contributed by atoms with E-state index >= 15 is 0 Å². The molecule has 0 amide bonds. The lowest BCUT2D eigenvalue weighted by molar-refractivity contribution is 0.0342. The Labute approximate surface area is 142 Å². The fourth-order valence-corrected chi connectivity index (χ4v) is 2.92. The highest BCUT2D eigenvalue weighted by Gasteiger charge is 2.34. The first-order chi connectivity index (χ1) is 11.4. The van der Waals surface area contributed by atoms with Gasteiger partial charge in [-0.3, -0.25) is 0 Å². The number of benzene rings is 2. The third-order valence-electron chi connectivity index (χ3n) is 4.27. The largest absolute Gasteiger partial charge is 0.494 e. The lowest BCUT2D eigenvalue weighted by atomic mass is 9.72. The van der Waals surface area contributed by atoms with Gasteiger partial charge < -0.3 is 9.31 Å². The molecule has 2 aromatic rings. The molecule has 3 rings (SSSR count). The highest BCUT2D eigenvalue weighted by Crippen LogP contribution is 2.28. The topological polar surface area (TPSA) is 42.2 Å². The molecule has 1 aliphatic rings. The van der Waals surface area contributed by atoms with E-state index in [9.17, 15) is 9.65 Å². The summed E-state index contributed by atoms with van der Waals surface area (Å²) >= 11 is 0. The molecule has 3 nitrogen and oxygen atoms in total. The number of hydrogen-bond acceptors (Lipinski definition) is 3. The second-order valence-corrected chi connectivity index (χ2v) is 6.94. The zero-order chi connectivity index (χ0) is 17.3. The van der Waals surface area contributed by atoms with Crippen molar-refractivity contribution in [3.63, 3.8) is 0 Å². The number of rotatable bonds is 2. The first-order valence-corrected chi connectivity index (χ1v) is 7.94. The van der Waals surface area contributed by atoms with Crippen LogP contribution in [0.1, 0.15) is 25.0 Å². The summed E-state index contributed by atoms with van der Waals surface area (Å²) in [4.78, 5) is 0. The van der Waals surface area contributed by atoms with Crippen molar-refractivity contribution in [2.45, 2.75) is 20.8 Å². The molecule has 0 N–H and O–H groups in total. The van der Waals surface area contributed by atoms with E-state index in [1.807, 2.05) is 25.1 Å². The van der Waals surface area contributed by atoms with Gasteiger partial charge in [0.05, 0.1) is 11.6 Å². The minimum atomic E-state index is -0.413. The Balaban J connectivity index is 2.00. The zero-order valence-electron chi connectivity index (χ0n) is 14.1. The summed E-state index contributed by atoms with van der Waals surface area (Å²) in [5.74, 6) is -0.412. The van der Waals surface area contributed by atoms with Gasteiger partial charge in [0.15, 0.2) is 0 Å². The van der Waals surface area contributed by atoms with Crippen molar-refractivity contribution in [3.8, 4) is 17.2 Å². The van der Waals surface area contributed by atoms with E-state index < -0.39 is 12.9 Å². The predicted octanol–water partition coefficient (Wildman–Crippen LogP) is 3.44. The van der Waals surface area contributed by atoms with Gasteiger partial charge in [0.25, 0.3) is 0 Å². The lowest BCUT2D eigenvalue weighted by Gasteiger charge is -2.33. The molecule has 0 aliphatic carbocycles. The molecule has 0 bridgehead atoms. The van der Waals surface area contributed by atoms with Crippen LogP contribution in [-0.4, -0.2) is 20.3 Å². The third-order valence-corrected chi connectivity index (χ3v) is 4.27. The maximum absolute atomic E-state index is 13.4. The van der Waals surface area contributed by atoms with Crippen molar-refractivity contribution in [1.29, 1.82) is 5.26 Å². The summed E-state index contributed by atoms with van der Waals surface area (Å²) in [5.41, 5.74) is 3.85. The Bertz CT molecular complexity index is 803. The summed E-state index contributed by atoms with van der Waals surface area (Å²) in [7, 11) is -0.413. The van der Waals surface area contributed by atoms with Crippen molar-refractivity contribution in [3.05, 3.63) is 53.3 Å². The Morgan fingerprint density at radius 3 is 2.50 bits per heavy atom. The van der Waals surface area contributed by atoms with Crippen LogP contribution in [0, 0.1) is 29.5 Å². The average molecular weight is 323 g/mol. The molecule has 0 spiro atoms. The smallest absolute Gasteiger partial charge is 0.407 e. The fourth-order valence-electron chi connectivity index (χ4n) is 2.92. The molecular weight excluding hydrogens is 304 g/mol. The minimum absolute atomic E-state index is 0.00689. The van der Waals surface area contributed by atoms with E-state index in [1.54, 1.807) is 6.07 Å². The molecule has 122 valence electrons. The van der Waals surface area contributed by atoms with Gasteiger partial charge >= 0.3 is 7.12 Å². The molecule has 1 saturated heterocycles. The number of halogens is 1. The Hall–Kier alpha value is -2.16. The number of hydrogen-bond donors (Lipinski definition) is 0. The van der Waals surface area contributed by atoms with Gasteiger partial charge in [-0.2, -0.15) is 5.26 Å². The van der Waals surface area contributed by atoms with Crippen molar-refractivity contribution >= 4 is 12.6 Å². The molecule has 0 aromatic heterocycles. The maximum atomic E-state index is 13.4. The molecule has 0 unspecified atom stereocenters. The van der Waals surface area contributed by atoms with Gasteiger partial charge in [0.2, 0.25) is 0 Å². The van der Waals surface area contributed by atoms with Crippen molar-refractivity contribution in [1.82, 2.24) is 0 Å². The number of nitrogens with zero attached hydrogens (tertiary/aromatic N) is 1. The normalized spacial score (nSPS) is 16.7. The highest BCUT2D eigenvalue weighted by molar-refractivity contribution is 6.62. The van der Waals surface area contributed by atoms with Gasteiger partial charge in [-0.15, -0.1) is 0 Å². The molecule has 0 atom stereocenters. The van der Waals surface area contributed by atoms with E-state index in [4.69, 9.17) is 9.31 Å². The van der Waals surface area contributed by atoms with E-state index in [1.165, 1.54) is 12.1 Å². The van der Waals surface area contributed by atoms with Crippen LogP contribution in [0.4, 0.5) is 4.39 Å². The van der Waals surface area contributed by atoms with Crippen LogP contribution in [0.25, 0.3) is 11.1 Å². The maximum Gasteiger partial charge on any atom is 0.494 e. The molecule has 24 heavy (non-hydrogen) atoms. The van der Waals surface area contributed by atoms with Gasteiger partial charge in [-0.1, -0.05) is 38.1 Å². The third kappa shape index (κ3) is 3.21. The summed E-state index contributed by atoms with van der Waals surface area (Å²) in [6.45, 7) is 7.43. The quantitative estimate of drug-likeness (QED) is 0.795. The lowest BCUT2D eigenvalue weighted by Crippen LogP contribution is -2.48. The van der Waals surface area contributed by atoms with Crippen LogP contribution in [0.2, 0.25) is 0 Å². The summed E-state index contributed by atoms with van der Waals surface area (Å²) in [5, 5.41) is 9.30. The van der Waals surface area contributed by atoms with Gasteiger partial charge in [0, 0.05) is 18.6 Å². The molecule has 2 aromatic carbocycles. The first kappa shape index (κ1) is 16.7. The average Bonchev–Trinajstić information content (AvgIpc) is 2.56. The van der Waals surface area contributed by atoms with Crippen LogP contribution in [-0.2, 0) is 9.31 Å². The molecular formula is C19H19BFNO2. The highest BCUT2D eigenvalue weighted by atomic mass is 19.1. The summed E-state index contributed by atoms with van der Waals surface area (Å²) < 4.78 is 25.2. The SMILES string of the molecule is Cc1c(B2OCC(C)(C)CO2)cccc1-c1ccc(F)cc1C#N. The van der Waals surface area contributed by atoms with Crippen LogP contribution in [0.15, 0.2) is 36.4 Å². The minimum Gasteiger partial charge on any atom is -0.407 e. The molecule has 1 heterocycles. The van der Waals surface area contributed by atoms with E-state index in [0.717, 1.165) is 22.2 Å². The standard InChI is InChI=1S/C19H19BFNO2/c1-13-16(17-8-7-15(21)9-14(17)10-22)5-4-6-18(13)20-23-11-19(2,3)12-24-20/h4-9H,11-12H2,1-3H3. The fraction of sp³-hybridized carbons (Fsp3) is 0.316. The zero-order valence-corrected chi connectivity index (χ0v) is 14.1. The van der Waals surface area contributed by atoms with Gasteiger partial charge in [-0.25, -0.2) is 4.39 Å². The molecule has 1 aliphatic heterocycles. The number of nitriles is 1. The van der Waals surface area contributed by atoms with E-state index in [2.05, 4.69) is 19.9 Å². The van der Waals surface area contributed by atoms with E-state index in [0.29, 0.717) is 18.8 Å². The van der Waals surface area contributed by atoms with Crippen molar-refractivity contribution < 1.29 is 13.7 Å². The summed E-state index contributed by atoms with van der Waals surface area (Å²) in [6, 6.07) is 12.2. The monoisotopic (exact) mass is 323 g/mol. The van der Waals surface area contributed by atoms with Crippen LogP contribution >= 0.6 is 0 Å². The first-order valence-electron chi connectivity index (χ1n) is 7.94. The molecule has 0 radical (unpaired) electrons. The molecule has 0 saturated carbocycles. The Morgan fingerprint density at radius 1 is 1.12 bits per heavy atom. The second-order valence-electron chi connectivity index (χ2n) is 6.94. The second kappa shape index (κ2) is 6.39. The van der Waals surface area contributed by atoms with Crippen molar-refractivity contribution in [2.24, 2.45) is 5.41 Å². The molecule has 1 fully saturated rings. The summed E-state index contributed by atoms with van der Waals surface area (Å²) in [6.07, 6.45) is 0. The van der Waals surface area contributed by atoms with Gasteiger partial charge in [-0.05, 0) is 41.2 Å². The van der Waals surface area contributed by atoms with Crippen LogP contribution in [0.3, 0.4) is 0 Å². The van der Waals surface area contributed by atoms with Crippen molar-refractivity contribution in [2.75, 3.05) is 13.2 Å².